The van der Waals surface area contributed by atoms with Crippen molar-refractivity contribution >= 4 is 16.6 Å². The van der Waals surface area contributed by atoms with Crippen molar-refractivity contribution in [3.8, 4) is 0 Å². The fourth-order valence-corrected chi connectivity index (χ4v) is 2.29. The molecule has 1 aromatic heterocycles. The Kier molecular flexibility index (Phi) is 3.33. The summed E-state index contributed by atoms with van der Waals surface area (Å²) >= 11 is 0. The number of anilines is 1. The van der Waals surface area contributed by atoms with E-state index in [9.17, 15) is 13.2 Å². The third-order valence-electron chi connectivity index (χ3n) is 3.33. The molecule has 0 unspecified atom stereocenters. The third kappa shape index (κ3) is 2.86. The highest BCUT2D eigenvalue weighted by molar-refractivity contribution is 5.80. The molecule has 0 spiro atoms. The van der Waals surface area contributed by atoms with Crippen LogP contribution in [-0.4, -0.2) is 4.98 Å². The molecule has 0 saturated carbocycles. The summed E-state index contributed by atoms with van der Waals surface area (Å²) in [5, 5.41) is 3.90. The number of aromatic nitrogens is 1. The van der Waals surface area contributed by atoms with Gasteiger partial charge < -0.3 is 10.3 Å². The summed E-state index contributed by atoms with van der Waals surface area (Å²) in [5.74, 6) is 0. The van der Waals surface area contributed by atoms with Crippen LogP contribution in [0.4, 0.5) is 18.9 Å². The number of nitrogens with one attached hydrogen (secondary N) is 2. The van der Waals surface area contributed by atoms with E-state index in [-0.39, 0.29) is 5.69 Å². The maximum atomic E-state index is 12.9. The van der Waals surface area contributed by atoms with Gasteiger partial charge in [0.2, 0.25) is 0 Å². The minimum Gasteiger partial charge on any atom is -0.380 e. The zero-order valence-electron chi connectivity index (χ0n) is 11.0. The summed E-state index contributed by atoms with van der Waals surface area (Å²) in [5.41, 5.74) is 1.39. The molecule has 21 heavy (non-hydrogen) atoms. The molecule has 0 aliphatic rings. The number of halogens is 3. The van der Waals surface area contributed by atoms with Gasteiger partial charge in [-0.2, -0.15) is 13.2 Å². The fourth-order valence-electron chi connectivity index (χ4n) is 2.29. The van der Waals surface area contributed by atoms with Crippen molar-refractivity contribution in [2.24, 2.45) is 0 Å². The molecule has 0 aliphatic carbocycles. The molecule has 0 aliphatic heterocycles. The quantitative estimate of drug-likeness (QED) is 0.712. The number of rotatable bonds is 3. The topological polar surface area (TPSA) is 27.8 Å². The van der Waals surface area contributed by atoms with E-state index >= 15 is 0 Å². The van der Waals surface area contributed by atoms with Crippen LogP contribution in [0, 0.1) is 0 Å². The van der Waals surface area contributed by atoms with Crippen molar-refractivity contribution in [1.29, 1.82) is 0 Å². The number of hydrogen-bond acceptors (Lipinski definition) is 1. The van der Waals surface area contributed by atoms with Crippen LogP contribution in [0.1, 0.15) is 11.1 Å². The van der Waals surface area contributed by atoms with E-state index in [2.05, 4.69) is 10.3 Å². The smallest absolute Gasteiger partial charge is 0.380 e. The van der Waals surface area contributed by atoms with Crippen LogP contribution >= 0.6 is 0 Å². The first-order chi connectivity index (χ1) is 10.0. The van der Waals surface area contributed by atoms with Gasteiger partial charge in [-0.3, -0.25) is 0 Å². The van der Waals surface area contributed by atoms with Crippen molar-refractivity contribution in [2.45, 2.75) is 12.7 Å². The molecular formula is C16H13F3N2. The van der Waals surface area contributed by atoms with Crippen LogP contribution in [0.3, 0.4) is 0 Å². The van der Waals surface area contributed by atoms with E-state index in [4.69, 9.17) is 0 Å². The number of aromatic amines is 1. The Morgan fingerprint density at radius 2 is 1.81 bits per heavy atom. The average molecular weight is 290 g/mol. The number of benzene rings is 2. The van der Waals surface area contributed by atoms with Gasteiger partial charge in [0.25, 0.3) is 0 Å². The molecular weight excluding hydrogens is 277 g/mol. The molecule has 1 heterocycles. The number of alkyl halides is 3. The molecule has 5 heteroatoms. The second-order valence-electron chi connectivity index (χ2n) is 4.80. The molecule has 0 atom stereocenters. The summed E-state index contributed by atoms with van der Waals surface area (Å²) in [6.07, 6.45) is -2.52. The molecule has 2 nitrogen and oxygen atoms in total. The second-order valence-corrected chi connectivity index (χ2v) is 4.80. The van der Waals surface area contributed by atoms with Crippen LogP contribution in [0.25, 0.3) is 10.9 Å². The van der Waals surface area contributed by atoms with Crippen LogP contribution in [-0.2, 0) is 12.7 Å². The molecule has 0 amide bonds. The standard InChI is InChI=1S/C16H13F3N2/c17-16(18,19)13-3-1-2-4-15(13)21-10-11-5-6-14-12(9-11)7-8-20-14/h1-9,20-21H,10H2. The monoisotopic (exact) mass is 290 g/mol. The maximum Gasteiger partial charge on any atom is 0.418 e. The number of hydrogen-bond donors (Lipinski definition) is 2. The molecule has 0 bridgehead atoms. The van der Waals surface area contributed by atoms with Gasteiger partial charge >= 0.3 is 6.18 Å². The van der Waals surface area contributed by atoms with Crippen molar-refractivity contribution in [3.63, 3.8) is 0 Å². The van der Waals surface area contributed by atoms with Gasteiger partial charge in [-0.25, -0.2) is 0 Å². The molecule has 2 N–H and O–H groups in total. The SMILES string of the molecule is FC(F)(F)c1ccccc1NCc1ccc2[nH]ccc2c1. The lowest BCUT2D eigenvalue weighted by molar-refractivity contribution is -0.136. The van der Waals surface area contributed by atoms with Gasteiger partial charge in [-0.1, -0.05) is 18.2 Å². The predicted molar refractivity (Wildman–Crippen MR) is 77.1 cm³/mol. The highest BCUT2D eigenvalue weighted by Gasteiger charge is 2.32. The highest BCUT2D eigenvalue weighted by atomic mass is 19.4. The Labute approximate surface area is 119 Å². The number of H-pyrrole nitrogens is 1. The summed E-state index contributed by atoms with van der Waals surface area (Å²) in [6.45, 7) is 0.341. The summed E-state index contributed by atoms with van der Waals surface area (Å²) in [7, 11) is 0. The number of fused-ring (bicyclic) bond motifs is 1. The predicted octanol–water partition coefficient (Wildman–Crippen LogP) is 4.80. The normalized spacial score (nSPS) is 11.8. The van der Waals surface area contributed by atoms with Gasteiger partial charge in [0, 0.05) is 23.9 Å². The van der Waals surface area contributed by atoms with Crippen molar-refractivity contribution in [3.05, 3.63) is 65.9 Å². The van der Waals surface area contributed by atoms with Crippen LogP contribution < -0.4 is 5.32 Å². The first kappa shape index (κ1) is 13.5. The Morgan fingerprint density at radius 1 is 1.00 bits per heavy atom. The van der Waals surface area contributed by atoms with Gasteiger partial charge in [-0.15, -0.1) is 0 Å². The second kappa shape index (κ2) is 5.16. The average Bonchev–Trinajstić information content (AvgIpc) is 2.92. The van der Waals surface area contributed by atoms with E-state index in [1.54, 1.807) is 6.07 Å². The zero-order valence-corrected chi connectivity index (χ0v) is 11.0. The van der Waals surface area contributed by atoms with Gasteiger partial charge in [0.05, 0.1) is 5.56 Å². The lowest BCUT2D eigenvalue weighted by Gasteiger charge is -2.14. The Morgan fingerprint density at radius 3 is 2.62 bits per heavy atom. The molecule has 0 radical (unpaired) electrons. The molecule has 0 fully saturated rings. The van der Waals surface area contributed by atoms with E-state index in [0.29, 0.717) is 6.54 Å². The van der Waals surface area contributed by atoms with Gasteiger partial charge in [0.1, 0.15) is 0 Å². The summed E-state index contributed by atoms with van der Waals surface area (Å²) < 4.78 is 38.7. The molecule has 3 aromatic rings. The summed E-state index contributed by atoms with van der Waals surface area (Å²) in [6, 6.07) is 13.2. The minimum atomic E-state index is -4.35. The van der Waals surface area contributed by atoms with E-state index < -0.39 is 11.7 Å². The van der Waals surface area contributed by atoms with E-state index in [0.717, 1.165) is 22.5 Å². The Hall–Kier alpha value is -2.43. The van der Waals surface area contributed by atoms with E-state index in [1.807, 2.05) is 30.5 Å². The van der Waals surface area contributed by atoms with E-state index in [1.165, 1.54) is 12.1 Å². The van der Waals surface area contributed by atoms with Gasteiger partial charge in [-0.05, 0) is 41.3 Å². The lowest BCUT2D eigenvalue weighted by Crippen LogP contribution is -2.10. The highest BCUT2D eigenvalue weighted by Crippen LogP contribution is 2.34. The van der Waals surface area contributed by atoms with Crippen LogP contribution in [0.2, 0.25) is 0 Å². The Balaban J connectivity index is 1.81. The number of para-hydroxylation sites is 1. The third-order valence-corrected chi connectivity index (χ3v) is 3.33. The van der Waals surface area contributed by atoms with Crippen molar-refractivity contribution < 1.29 is 13.2 Å². The molecule has 108 valence electrons. The first-order valence-corrected chi connectivity index (χ1v) is 6.50. The lowest BCUT2D eigenvalue weighted by atomic mass is 10.1. The minimum absolute atomic E-state index is 0.0964. The van der Waals surface area contributed by atoms with Crippen LogP contribution in [0.5, 0.6) is 0 Å². The first-order valence-electron chi connectivity index (χ1n) is 6.50. The van der Waals surface area contributed by atoms with Gasteiger partial charge in [0.15, 0.2) is 0 Å². The zero-order chi connectivity index (χ0) is 14.9. The molecule has 3 rings (SSSR count). The van der Waals surface area contributed by atoms with Crippen molar-refractivity contribution in [1.82, 2.24) is 4.98 Å². The molecule has 0 saturated heterocycles. The molecule has 2 aromatic carbocycles. The van der Waals surface area contributed by atoms with Crippen LogP contribution in [0.15, 0.2) is 54.7 Å². The Bertz CT molecular complexity index is 759. The largest absolute Gasteiger partial charge is 0.418 e. The summed E-state index contributed by atoms with van der Waals surface area (Å²) in [4.78, 5) is 3.08. The van der Waals surface area contributed by atoms with Crippen molar-refractivity contribution in [2.75, 3.05) is 5.32 Å². The fraction of sp³-hybridized carbons (Fsp3) is 0.125. The maximum absolute atomic E-state index is 12.9.